The number of carbonyl (C=O) groups is 2. The lowest BCUT2D eigenvalue weighted by molar-refractivity contribution is -0.139. The molecule has 3 heterocycles. The summed E-state index contributed by atoms with van der Waals surface area (Å²) in [5.41, 5.74) is -0.0599. The molecule has 3 N–H and O–H groups in total. The number of halogens is 3. The minimum atomic E-state index is -4.84. The maximum absolute atomic E-state index is 14.0. The first-order chi connectivity index (χ1) is 22.1. The quantitative estimate of drug-likeness (QED) is 0.253. The Morgan fingerprint density at radius 1 is 1.04 bits per heavy atom. The number of aromatic nitrogens is 3. The number of anilines is 5. The van der Waals surface area contributed by atoms with Crippen molar-refractivity contribution in [3.8, 4) is 11.6 Å². The van der Waals surface area contributed by atoms with Gasteiger partial charge in [-0.2, -0.15) is 22.5 Å². The van der Waals surface area contributed by atoms with Crippen LogP contribution >= 0.6 is 0 Å². The highest BCUT2D eigenvalue weighted by Crippen LogP contribution is 2.38. The van der Waals surface area contributed by atoms with Crippen molar-refractivity contribution in [2.75, 3.05) is 55.5 Å². The number of aryl methyl sites for hydroxylation is 1. The summed E-state index contributed by atoms with van der Waals surface area (Å²) in [6, 6.07) is 5.61. The Kier molecular flexibility index (Phi) is 10.5. The maximum atomic E-state index is 14.0. The summed E-state index contributed by atoms with van der Waals surface area (Å²) in [5.74, 6) is -1.46. The third kappa shape index (κ3) is 8.85. The van der Waals surface area contributed by atoms with Crippen molar-refractivity contribution in [3.63, 3.8) is 0 Å². The Balaban J connectivity index is 1.60. The monoisotopic (exact) mass is 678 g/mol. The average Bonchev–Trinajstić information content (AvgIpc) is 3.02. The number of alkyl halides is 3. The van der Waals surface area contributed by atoms with Gasteiger partial charge >= 0.3 is 6.18 Å². The van der Waals surface area contributed by atoms with Gasteiger partial charge in [0.1, 0.15) is 17.1 Å². The molecular formula is C29H33F3N8O6S. The van der Waals surface area contributed by atoms with Crippen molar-refractivity contribution < 1.29 is 40.7 Å². The average molecular weight is 679 g/mol. The van der Waals surface area contributed by atoms with Gasteiger partial charge in [0.2, 0.25) is 27.8 Å². The molecule has 1 aliphatic heterocycles. The van der Waals surface area contributed by atoms with E-state index in [4.69, 9.17) is 9.47 Å². The van der Waals surface area contributed by atoms with Crippen LogP contribution in [-0.4, -0.2) is 90.0 Å². The highest BCUT2D eigenvalue weighted by molar-refractivity contribution is 7.88. The Hall–Kier alpha value is -4.97. The lowest BCUT2D eigenvalue weighted by atomic mass is 10.2. The van der Waals surface area contributed by atoms with Crippen molar-refractivity contribution in [1.29, 1.82) is 0 Å². The molecule has 2 amide bonds. The molecule has 0 bridgehead atoms. The van der Waals surface area contributed by atoms with Gasteiger partial charge in [-0.25, -0.2) is 18.4 Å². The summed E-state index contributed by atoms with van der Waals surface area (Å²) in [5, 5.41) is 8.02. The number of sulfonamides is 1. The highest BCUT2D eigenvalue weighted by atomic mass is 32.2. The van der Waals surface area contributed by atoms with E-state index in [1.807, 2.05) is 0 Å². The van der Waals surface area contributed by atoms with Gasteiger partial charge in [-0.05, 0) is 37.6 Å². The lowest BCUT2D eigenvalue weighted by Crippen LogP contribution is -2.53. The number of benzene rings is 1. The van der Waals surface area contributed by atoms with Crippen LogP contribution in [0, 0.1) is 6.92 Å². The molecule has 1 saturated heterocycles. The van der Waals surface area contributed by atoms with E-state index in [0.717, 1.165) is 12.3 Å². The van der Waals surface area contributed by atoms with E-state index in [9.17, 15) is 31.2 Å². The second-order valence-corrected chi connectivity index (χ2v) is 12.4. The Labute approximate surface area is 269 Å². The molecular weight excluding hydrogens is 645 g/mol. The summed E-state index contributed by atoms with van der Waals surface area (Å²) in [4.78, 5) is 38.7. The first-order valence-electron chi connectivity index (χ1n) is 14.1. The smallest absolute Gasteiger partial charge is 0.421 e. The van der Waals surface area contributed by atoms with Crippen molar-refractivity contribution in [1.82, 2.24) is 24.2 Å². The fourth-order valence-electron chi connectivity index (χ4n) is 4.49. The second-order valence-electron chi connectivity index (χ2n) is 10.4. The zero-order chi connectivity index (χ0) is 34.5. The number of pyridine rings is 1. The number of nitrogens with zero attached hydrogens (tertiary/aromatic N) is 5. The predicted molar refractivity (Wildman–Crippen MR) is 167 cm³/mol. The van der Waals surface area contributed by atoms with Crippen LogP contribution in [0.2, 0.25) is 0 Å². The molecule has 3 aromatic rings. The molecule has 252 valence electrons. The van der Waals surface area contributed by atoms with Crippen molar-refractivity contribution in [2.45, 2.75) is 26.1 Å². The molecule has 1 aliphatic rings. The molecule has 2 aromatic heterocycles. The lowest BCUT2D eigenvalue weighted by Gasteiger charge is -2.34. The molecule has 1 fully saturated rings. The van der Waals surface area contributed by atoms with Gasteiger partial charge in [-0.3, -0.25) is 9.59 Å². The van der Waals surface area contributed by atoms with Gasteiger partial charge in [0.25, 0.3) is 5.91 Å². The molecule has 0 aliphatic carbocycles. The predicted octanol–water partition coefficient (Wildman–Crippen LogP) is 3.69. The molecule has 14 nitrogen and oxygen atoms in total. The number of hydrogen-bond donors (Lipinski definition) is 3. The Morgan fingerprint density at radius 3 is 2.36 bits per heavy atom. The summed E-state index contributed by atoms with van der Waals surface area (Å²) in [6.45, 7) is 7.28. The van der Waals surface area contributed by atoms with Crippen molar-refractivity contribution in [3.05, 3.63) is 60.4 Å². The molecule has 1 aromatic carbocycles. The zero-order valence-electron chi connectivity index (χ0n) is 25.9. The van der Waals surface area contributed by atoms with Crippen molar-refractivity contribution >= 4 is 50.7 Å². The van der Waals surface area contributed by atoms with Gasteiger partial charge in [-0.15, -0.1) is 0 Å². The Bertz CT molecular complexity index is 1770. The van der Waals surface area contributed by atoms with Crippen LogP contribution < -0.4 is 25.4 Å². The summed E-state index contributed by atoms with van der Waals surface area (Å²) >= 11 is 0. The van der Waals surface area contributed by atoms with E-state index in [2.05, 4.69) is 37.5 Å². The number of amides is 2. The fraction of sp³-hybridized carbons (Fsp3) is 0.345. The molecule has 1 atom stereocenters. The third-order valence-corrected chi connectivity index (χ3v) is 8.30. The van der Waals surface area contributed by atoms with Gasteiger partial charge in [0.15, 0.2) is 6.10 Å². The van der Waals surface area contributed by atoms with Gasteiger partial charge in [0.05, 0.1) is 30.4 Å². The van der Waals surface area contributed by atoms with Crippen LogP contribution in [0.1, 0.15) is 18.1 Å². The topological polar surface area (TPSA) is 168 Å². The zero-order valence-corrected chi connectivity index (χ0v) is 26.7. The summed E-state index contributed by atoms with van der Waals surface area (Å²) < 4.78 is 77.8. The fourth-order valence-corrected chi connectivity index (χ4v) is 5.31. The molecule has 0 spiro atoms. The molecule has 0 saturated carbocycles. The number of nitrogens with one attached hydrogen (secondary N) is 3. The van der Waals surface area contributed by atoms with E-state index in [-0.39, 0.29) is 55.1 Å². The van der Waals surface area contributed by atoms with Gasteiger partial charge < -0.3 is 30.3 Å². The van der Waals surface area contributed by atoms with E-state index >= 15 is 0 Å². The van der Waals surface area contributed by atoms with E-state index in [1.54, 1.807) is 6.92 Å². The molecule has 1 unspecified atom stereocenters. The molecule has 4 rings (SSSR count). The largest absolute Gasteiger partial charge is 0.481 e. The third-order valence-electron chi connectivity index (χ3n) is 7.00. The number of rotatable bonds is 11. The van der Waals surface area contributed by atoms with Crippen molar-refractivity contribution in [2.24, 2.45) is 0 Å². The first-order valence-corrected chi connectivity index (χ1v) is 15.9. The SMILES string of the molecule is C=CC(=O)Nc1cc(OC(C)C(=O)N2CCN(S(C)(=O)=O)CC2)ccc1Nc1nc(Nc2cc(OC)ncc2C)ncc1C(F)(F)F. The van der Waals surface area contributed by atoms with E-state index in [0.29, 0.717) is 17.4 Å². The van der Waals surface area contributed by atoms with Crippen LogP contribution in [0.3, 0.4) is 0 Å². The number of hydrogen-bond acceptors (Lipinski definition) is 11. The van der Waals surface area contributed by atoms with Crippen LogP contribution in [0.15, 0.2) is 49.3 Å². The number of piperazine rings is 1. The highest BCUT2D eigenvalue weighted by Gasteiger charge is 2.36. The number of carbonyl (C=O) groups excluding carboxylic acids is 2. The summed E-state index contributed by atoms with van der Waals surface area (Å²) in [6.07, 6.45) is -1.65. The molecule has 18 heteroatoms. The molecule has 47 heavy (non-hydrogen) atoms. The van der Waals surface area contributed by atoms with Gasteiger partial charge in [-0.1, -0.05) is 6.58 Å². The maximum Gasteiger partial charge on any atom is 0.421 e. The summed E-state index contributed by atoms with van der Waals surface area (Å²) in [7, 11) is -1.97. The molecule has 0 radical (unpaired) electrons. The van der Waals surface area contributed by atoms with Crippen LogP contribution in [0.25, 0.3) is 0 Å². The standard InChI is InChI=1S/C29H33F3N8O6S/c1-6-24(41)35-23-13-19(46-18(3)27(42)39-9-11-40(12-10-39)47(5,43)44)7-8-21(23)36-26-20(29(30,31)32)16-34-28(38-26)37-22-14-25(45-4)33-15-17(22)2/h6-8,13-16,18H,1,9-12H2,2-5H3,(H,35,41)(H2,33,34,36,37,38). The number of ether oxygens (including phenoxy) is 2. The van der Waals surface area contributed by atoms with Crippen LogP contribution in [0.5, 0.6) is 11.6 Å². The van der Waals surface area contributed by atoms with E-state index in [1.165, 1.54) is 53.7 Å². The number of methoxy groups -OCH3 is 1. The minimum absolute atomic E-state index is 0.00442. The first kappa shape index (κ1) is 34.9. The van der Waals surface area contributed by atoms with E-state index < -0.39 is 45.5 Å². The van der Waals surface area contributed by atoms with Crippen LogP contribution in [0.4, 0.5) is 42.0 Å². The normalized spacial score (nSPS) is 14.6. The van der Waals surface area contributed by atoms with Gasteiger partial charge in [0, 0.05) is 50.7 Å². The second kappa shape index (κ2) is 14.2. The van der Waals surface area contributed by atoms with Crippen LogP contribution in [-0.2, 0) is 25.8 Å². The Morgan fingerprint density at radius 2 is 1.74 bits per heavy atom. The minimum Gasteiger partial charge on any atom is -0.481 e.